The SMILES string of the molecule is Cc1nc2sc3c(c2c(=O)n1CCC(C)C)CCC(C)C3. The van der Waals surface area contributed by atoms with Gasteiger partial charge in [0, 0.05) is 11.4 Å². The van der Waals surface area contributed by atoms with Crippen molar-refractivity contribution in [1.82, 2.24) is 9.55 Å². The average molecular weight is 304 g/mol. The minimum absolute atomic E-state index is 0.185. The first kappa shape index (κ1) is 14.8. The lowest BCUT2D eigenvalue weighted by atomic mass is 9.89. The first-order valence-corrected chi connectivity index (χ1v) is 8.80. The Kier molecular flexibility index (Phi) is 3.91. The van der Waals surface area contributed by atoms with Gasteiger partial charge in [-0.2, -0.15) is 0 Å². The fourth-order valence-electron chi connectivity index (χ4n) is 3.18. The minimum Gasteiger partial charge on any atom is -0.296 e. The highest BCUT2D eigenvalue weighted by Crippen LogP contribution is 2.35. The van der Waals surface area contributed by atoms with Crippen LogP contribution < -0.4 is 5.56 Å². The third kappa shape index (κ3) is 2.66. The highest BCUT2D eigenvalue weighted by molar-refractivity contribution is 7.18. The summed E-state index contributed by atoms with van der Waals surface area (Å²) in [7, 11) is 0. The summed E-state index contributed by atoms with van der Waals surface area (Å²) in [6.07, 6.45) is 4.37. The molecule has 2 heterocycles. The van der Waals surface area contributed by atoms with Gasteiger partial charge in [-0.15, -0.1) is 11.3 Å². The van der Waals surface area contributed by atoms with Crippen LogP contribution in [0.2, 0.25) is 0 Å². The molecule has 1 aliphatic carbocycles. The summed E-state index contributed by atoms with van der Waals surface area (Å²) < 4.78 is 1.88. The van der Waals surface area contributed by atoms with Crippen LogP contribution in [0.25, 0.3) is 10.2 Å². The van der Waals surface area contributed by atoms with Crippen LogP contribution in [0.3, 0.4) is 0 Å². The molecule has 0 saturated carbocycles. The molecule has 1 aliphatic rings. The van der Waals surface area contributed by atoms with Crippen molar-refractivity contribution in [3.63, 3.8) is 0 Å². The maximum atomic E-state index is 12.9. The molecule has 2 aromatic rings. The van der Waals surface area contributed by atoms with Gasteiger partial charge in [0.05, 0.1) is 5.39 Å². The number of thiophene rings is 1. The fourth-order valence-corrected chi connectivity index (χ4v) is 4.59. The zero-order valence-corrected chi connectivity index (χ0v) is 14.2. The van der Waals surface area contributed by atoms with Gasteiger partial charge in [-0.3, -0.25) is 9.36 Å². The number of aryl methyl sites for hydroxylation is 2. The van der Waals surface area contributed by atoms with Crippen LogP contribution in [0.5, 0.6) is 0 Å². The topological polar surface area (TPSA) is 34.9 Å². The number of nitrogens with zero attached hydrogens (tertiary/aromatic N) is 2. The van der Waals surface area contributed by atoms with Crippen molar-refractivity contribution in [3.8, 4) is 0 Å². The van der Waals surface area contributed by atoms with Crippen molar-refractivity contribution < 1.29 is 0 Å². The lowest BCUT2D eigenvalue weighted by Gasteiger charge is -2.17. The zero-order chi connectivity index (χ0) is 15.1. The monoisotopic (exact) mass is 304 g/mol. The first-order valence-electron chi connectivity index (χ1n) is 7.99. The van der Waals surface area contributed by atoms with Gasteiger partial charge in [-0.25, -0.2) is 4.98 Å². The molecule has 0 radical (unpaired) electrons. The summed E-state index contributed by atoms with van der Waals surface area (Å²) in [6, 6.07) is 0. The van der Waals surface area contributed by atoms with Gasteiger partial charge in [-0.1, -0.05) is 20.8 Å². The van der Waals surface area contributed by atoms with Crippen LogP contribution >= 0.6 is 11.3 Å². The molecule has 3 nitrogen and oxygen atoms in total. The van der Waals surface area contributed by atoms with E-state index in [4.69, 9.17) is 4.98 Å². The van der Waals surface area contributed by atoms with Gasteiger partial charge in [0.25, 0.3) is 5.56 Å². The first-order chi connectivity index (χ1) is 9.97. The van der Waals surface area contributed by atoms with Gasteiger partial charge in [0.15, 0.2) is 0 Å². The second kappa shape index (κ2) is 5.56. The van der Waals surface area contributed by atoms with E-state index < -0.39 is 0 Å². The van der Waals surface area contributed by atoms with Gasteiger partial charge < -0.3 is 0 Å². The van der Waals surface area contributed by atoms with Crippen molar-refractivity contribution in [2.75, 3.05) is 0 Å². The molecule has 1 unspecified atom stereocenters. The molecule has 0 spiro atoms. The van der Waals surface area contributed by atoms with E-state index in [2.05, 4.69) is 20.8 Å². The summed E-state index contributed by atoms with van der Waals surface area (Å²) >= 11 is 1.74. The van der Waals surface area contributed by atoms with E-state index in [1.807, 2.05) is 11.5 Å². The van der Waals surface area contributed by atoms with Crippen molar-refractivity contribution in [2.24, 2.45) is 11.8 Å². The Morgan fingerprint density at radius 3 is 2.90 bits per heavy atom. The Balaban J connectivity index is 2.13. The fraction of sp³-hybridized carbons (Fsp3) is 0.647. The number of hydrogen-bond donors (Lipinski definition) is 0. The number of hydrogen-bond acceptors (Lipinski definition) is 3. The number of rotatable bonds is 3. The second-order valence-electron chi connectivity index (χ2n) is 6.83. The molecule has 0 N–H and O–H groups in total. The minimum atomic E-state index is 0.185. The summed E-state index contributed by atoms with van der Waals surface area (Å²) in [6.45, 7) is 9.43. The van der Waals surface area contributed by atoms with Crippen LogP contribution in [0.15, 0.2) is 4.79 Å². The predicted molar refractivity (Wildman–Crippen MR) is 89.3 cm³/mol. The van der Waals surface area contributed by atoms with Gasteiger partial charge in [0.1, 0.15) is 10.7 Å². The quantitative estimate of drug-likeness (QED) is 0.861. The molecule has 1 atom stereocenters. The molecule has 0 saturated heterocycles. The van der Waals surface area contributed by atoms with E-state index in [0.29, 0.717) is 5.92 Å². The number of aromatic nitrogens is 2. The van der Waals surface area contributed by atoms with Crippen LogP contribution in [0, 0.1) is 18.8 Å². The summed E-state index contributed by atoms with van der Waals surface area (Å²) in [4.78, 5) is 20.0. The van der Waals surface area contributed by atoms with Crippen LogP contribution in [-0.2, 0) is 19.4 Å². The molecule has 0 bridgehead atoms. The van der Waals surface area contributed by atoms with Crippen molar-refractivity contribution >= 4 is 21.6 Å². The molecule has 0 aliphatic heterocycles. The van der Waals surface area contributed by atoms with Gasteiger partial charge in [-0.05, 0) is 50.0 Å². The standard InChI is InChI=1S/C17H24N2OS/c1-10(2)7-8-19-12(4)18-16-15(17(19)20)13-6-5-11(3)9-14(13)21-16/h10-11H,5-9H2,1-4H3. The van der Waals surface area contributed by atoms with Crippen LogP contribution in [-0.4, -0.2) is 9.55 Å². The molecule has 4 heteroatoms. The predicted octanol–water partition coefficient (Wildman–Crippen LogP) is 3.94. The third-order valence-electron chi connectivity index (χ3n) is 4.54. The lowest BCUT2D eigenvalue weighted by Crippen LogP contribution is -2.25. The molecular formula is C17H24N2OS. The third-order valence-corrected chi connectivity index (χ3v) is 5.68. The van der Waals surface area contributed by atoms with Gasteiger partial charge in [0.2, 0.25) is 0 Å². The normalized spacial score (nSPS) is 18.4. The van der Waals surface area contributed by atoms with E-state index >= 15 is 0 Å². The van der Waals surface area contributed by atoms with Crippen LogP contribution in [0.1, 0.15) is 49.9 Å². The molecule has 0 aromatic carbocycles. The largest absolute Gasteiger partial charge is 0.296 e. The molecule has 0 fully saturated rings. The van der Waals surface area contributed by atoms with Crippen molar-refractivity contribution in [1.29, 1.82) is 0 Å². The molecule has 21 heavy (non-hydrogen) atoms. The summed E-state index contributed by atoms with van der Waals surface area (Å²) in [5.41, 5.74) is 1.48. The molecule has 3 rings (SSSR count). The Hall–Kier alpha value is -1.16. The smallest absolute Gasteiger partial charge is 0.262 e. The van der Waals surface area contributed by atoms with E-state index in [9.17, 15) is 4.79 Å². The molecular weight excluding hydrogens is 280 g/mol. The molecule has 114 valence electrons. The van der Waals surface area contributed by atoms with Crippen molar-refractivity contribution in [3.05, 3.63) is 26.6 Å². The van der Waals surface area contributed by atoms with E-state index in [-0.39, 0.29) is 5.56 Å². The Bertz CT molecular complexity index is 726. The highest BCUT2D eigenvalue weighted by Gasteiger charge is 2.23. The van der Waals surface area contributed by atoms with E-state index in [0.717, 1.165) is 47.8 Å². The Morgan fingerprint density at radius 1 is 1.43 bits per heavy atom. The van der Waals surface area contributed by atoms with E-state index in [1.54, 1.807) is 11.3 Å². The summed E-state index contributed by atoms with van der Waals surface area (Å²) in [5, 5.41) is 0.913. The lowest BCUT2D eigenvalue weighted by molar-refractivity contribution is 0.497. The molecule has 2 aromatic heterocycles. The molecule has 0 amide bonds. The Morgan fingerprint density at radius 2 is 2.19 bits per heavy atom. The Labute approximate surface area is 130 Å². The number of fused-ring (bicyclic) bond motifs is 3. The van der Waals surface area contributed by atoms with Gasteiger partial charge >= 0.3 is 0 Å². The summed E-state index contributed by atoms with van der Waals surface area (Å²) in [5.74, 6) is 2.19. The van der Waals surface area contributed by atoms with Crippen molar-refractivity contribution in [2.45, 2.75) is 59.9 Å². The maximum Gasteiger partial charge on any atom is 0.262 e. The van der Waals surface area contributed by atoms with E-state index in [1.165, 1.54) is 16.9 Å². The highest BCUT2D eigenvalue weighted by atomic mass is 32.1. The zero-order valence-electron chi connectivity index (χ0n) is 13.4. The van der Waals surface area contributed by atoms with Crippen LogP contribution in [0.4, 0.5) is 0 Å². The second-order valence-corrected chi connectivity index (χ2v) is 7.91. The maximum absolute atomic E-state index is 12.9. The average Bonchev–Trinajstić information content (AvgIpc) is 2.74.